The highest BCUT2D eigenvalue weighted by Gasteiger charge is 2.49. The molecule has 0 aliphatic carbocycles. The second kappa shape index (κ2) is 5.92. The van der Waals surface area contributed by atoms with Gasteiger partial charge in [-0.2, -0.15) is 0 Å². The molecule has 4 rings (SSSR count). The Balaban J connectivity index is 1.82. The van der Waals surface area contributed by atoms with Crippen molar-refractivity contribution in [2.75, 3.05) is 5.01 Å². The van der Waals surface area contributed by atoms with Crippen molar-refractivity contribution in [2.24, 2.45) is 0 Å². The number of nitro benzene ring substituents is 1. The van der Waals surface area contributed by atoms with Crippen LogP contribution in [0.5, 0.6) is 0 Å². The van der Waals surface area contributed by atoms with E-state index in [4.69, 9.17) is 11.6 Å². The number of carbonyl (C=O) groups is 1. The lowest BCUT2D eigenvalue weighted by Gasteiger charge is -2.44. The molecule has 0 saturated carbocycles. The summed E-state index contributed by atoms with van der Waals surface area (Å²) in [6.45, 7) is 0. The number of carbonyl (C=O) groups excluding carboxylic acids is 1. The highest BCUT2D eigenvalue weighted by Crippen LogP contribution is 2.37. The molecule has 1 aliphatic heterocycles. The van der Waals surface area contributed by atoms with Gasteiger partial charge in [0.15, 0.2) is 0 Å². The SMILES string of the molecule is O=C1[C@H](Cl)[C@H](c2cccc([N+](=O)[O-])c2)N1n1cnc2ccccc2c1=O. The molecule has 130 valence electrons. The maximum Gasteiger partial charge on any atom is 0.280 e. The van der Waals surface area contributed by atoms with E-state index >= 15 is 0 Å². The van der Waals surface area contributed by atoms with Crippen LogP contribution in [0.3, 0.4) is 0 Å². The Bertz CT molecular complexity index is 1110. The number of para-hydroxylation sites is 1. The number of halogens is 1. The van der Waals surface area contributed by atoms with Crippen LogP contribution in [0.4, 0.5) is 5.69 Å². The number of nitro groups is 1. The summed E-state index contributed by atoms with van der Waals surface area (Å²) in [6.07, 6.45) is 1.26. The van der Waals surface area contributed by atoms with Gasteiger partial charge >= 0.3 is 0 Å². The number of hydrogen-bond acceptors (Lipinski definition) is 5. The van der Waals surface area contributed by atoms with Crippen molar-refractivity contribution < 1.29 is 9.72 Å². The standard InChI is InChI=1S/C17H11ClN4O4/c18-14-15(10-4-3-5-11(8-10)22(25)26)21(17(14)24)20-9-19-13-7-2-1-6-12(13)16(20)23/h1-9,14-15H/t14-,15+/m1/s1. The van der Waals surface area contributed by atoms with Crippen molar-refractivity contribution in [3.05, 3.63) is 80.9 Å². The van der Waals surface area contributed by atoms with Gasteiger partial charge in [-0.05, 0) is 17.7 Å². The fraction of sp³-hybridized carbons (Fsp3) is 0.118. The number of rotatable bonds is 3. The van der Waals surface area contributed by atoms with E-state index in [0.717, 1.165) is 4.68 Å². The normalized spacial score (nSPS) is 19.4. The van der Waals surface area contributed by atoms with Gasteiger partial charge in [-0.25, -0.2) is 14.7 Å². The van der Waals surface area contributed by atoms with Crippen LogP contribution in [-0.4, -0.2) is 25.9 Å². The zero-order valence-corrected chi connectivity index (χ0v) is 13.9. The maximum atomic E-state index is 12.7. The average Bonchev–Trinajstić information content (AvgIpc) is 2.66. The lowest BCUT2D eigenvalue weighted by molar-refractivity contribution is -0.384. The number of nitrogens with zero attached hydrogens (tertiary/aromatic N) is 4. The van der Waals surface area contributed by atoms with E-state index < -0.39 is 27.8 Å². The fourth-order valence-electron chi connectivity index (χ4n) is 3.03. The van der Waals surface area contributed by atoms with E-state index in [-0.39, 0.29) is 5.69 Å². The molecule has 2 aromatic carbocycles. The minimum absolute atomic E-state index is 0.116. The summed E-state index contributed by atoms with van der Waals surface area (Å²) in [4.78, 5) is 39.7. The van der Waals surface area contributed by atoms with Gasteiger partial charge in [0.1, 0.15) is 17.7 Å². The molecule has 8 nitrogen and oxygen atoms in total. The third-order valence-electron chi connectivity index (χ3n) is 4.31. The molecule has 0 unspecified atom stereocenters. The molecule has 0 radical (unpaired) electrons. The summed E-state index contributed by atoms with van der Waals surface area (Å²) < 4.78 is 1.10. The first-order valence-corrected chi connectivity index (χ1v) is 8.11. The quantitative estimate of drug-likeness (QED) is 0.304. The molecule has 0 N–H and O–H groups in total. The Morgan fingerprint density at radius 3 is 2.65 bits per heavy atom. The second-order valence-corrected chi connectivity index (χ2v) is 6.26. The monoisotopic (exact) mass is 370 g/mol. The number of hydrogen-bond donors (Lipinski definition) is 0. The van der Waals surface area contributed by atoms with E-state index in [1.54, 1.807) is 30.3 Å². The van der Waals surface area contributed by atoms with Gasteiger partial charge in [-0.15, -0.1) is 11.6 Å². The van der Waals surface area contributed by atoms with Gasteiger partial charge in [-0.3, -0.25) is 19.7 Å². The van der Waals surface area contributed by atoms with Crippen LogP contribution in [-0.2, 0) is 4.79 Å². The van der Waals surface area contributed by atoms with Crippen LogP contribution in [0.25, 0.3) is 10.9 Å². The minimum Gasteiger partial charge on any atom is -0.271 e. The zero-order chi connectivity index (χ0) is 18.4. The van der Waals surface area contributed by atoms with Crippen LogP contribution in [0, 0.1) is 10.1 Å². The number of non-ortho nitro benzene ring substituents is 1. The zero-order valence-electron chi connectivity index (χ0n) is 13.2. The summed E-state index contributed by atoms with van der Waals surface area (Å²) >= 11 is 6.15. The van der Waals surface area contributed by atoms with Gasteiger partial charge < -0.3 is 0 Å². The van der Waals surface area contributed by atoms with Crippen molar-refractivity contribution in [3.63, 3.8) is 0 Å². The molecule has 2 heterocycles. The summed E-state index contributed by atoms with van der Waals surface area (Å²) in [5, 5.41) is 11.6. The smallest absolute Gasteiger partial charge is 0.271 e. The Kier molecular flexibility index (Phi) is 3.69. The summed E-state index contributed by atoms with van der Waals surface area (Å²) in [5.74, 6) is -0.470. The Morgan fingerprint density at radius 2 is 1.88 bits per heavy atom. The number of fused-ring (bicyclic) bond motifs is 1. The predicted octanol–water partition coefficient (Wildman–Crippen LogP) is 2.13. The van der Waals surface area contributed by atoms with E-state index in [2.05, 4.69) is 4.98 Å². The van der Waals surface area contributed by atoms with Gasteiger partial charge in [0, 0.05) is 12.1 Å². The molecule has 1 aliphatic rings. The van der Waals surface area contributed by atoms with Crippen molar-refractivity contribution in [1.29, 1.82) is 0 Å². The van der Waals surface area contributed by atoms with Gasteiger partial charge in [0.05, 0.1) is 15.8 Å². The fourth-order valence-corrected chi connectivity index (χ4v) is 3.38. The van der Waals surface area contributed by atoms with Crippen LogP contribution in [0.1, 0.15) is 11.6 Å². The summed E-state index contributed by atoms with van der Waals surface area (Å²) in [7, 11) is 0. The van der Waals surface area contributed by atoms with Crippen molar-refractivity contribution >= 4 is 34.1 Å². The number of β-lactam (4-membered cyclic amide) rings is 1. The summed E-state index contributed by atoms with van der Waals surface area (Å²) in [5.41, 5.74) is 0.451. The first kappa shape index (κ1) is 16.2. The maximum absolute atomic E-state index is 12.7. The lowest BCUT2D eigenvalue weighted by atomic mass is 9.95. The molecule has 3 aromatic rings. The van der Waals surface area contributed by atoms with Crippen molar-refractivity contribution in [2.45, 2.75) is 11.4 Å². The summed E-state index contributed by atoms with van der Waals surface area (Å²) in [6, 6.07) is 11.9. The first-order valence-electron chi connectivity index (χ1n) is 7.67. The first-order chi connectivity index (χ1) is 12.5. The second-order valence-electron chi connectivity index (χ2n) is 5.79. The topological polar surface area (TPSA) is 98.3 Å². The molecular weight excluding hydrogens is 360 g/mol. The molecule has 26 heavy (non-hydrogen) atoms. The van der Waals surface area contributed by atoms with Crippen LogP contribution >= 0.6 is 11.6 Å². The van der Waals surface area contributed by atoms with E-state index in [1.165, 1.54) is 29.5 Å². The van der Waals surface area contributed by atoms with Crippen LogP contribution < -0.4 is 10.6 Å². The van der Waals surface area contributed by atoms with E-state index in [1.807, 2.05) is 0 Å². The Labute approximate surface area is 151 Å². The van der Waals surface area contributed by atoms with Crippen molar-refractivity contribution in [3.8, 4) is 0 Å². The molecular formula is C17H11ClN4O4. The van der Waals surface area contributed by atoms with Crippen molar-refractivity contribution in [1.82, 2.24) is 9.66 Å². The molecule has 9 heteroatoms. The molecule has 0 spiro atoms. The highest BCUT2D eigenvalue weighted by atomic mass is 35.5. The molecule has 2 atom stereocenters. The average molecular weight is 371 g/mol. The number of benzene rings is 2. The highest BCUT2D eigenvalue weighted by molar-refractivity contribution is 6.36. The predicted molar refractivity (Wildman–Crippen MR) is 94.7 cm³/mol. The van der Waals surface area contributed by atoms with Gasteiger partial charge in [0.25, 0.3) is 17.2 Å². The molecule has 1 fully saturated rings. The molecule has 1 aromatic heterocycles. The molecule has 1 amide bonds. The third-order valence-corrected chi connectivity index (χ3v) is 4.73. The third kappa shape index (κ3) is 2.34. The van der Waals surface area contributed by atoms with Crippen LogP contribution in [0.15, 0.2) is 59.7 Å². The van der Waals surface area contributed by atoms with E-state index in [9.17, 15) is 19.7 Å². The Hall–Kier alpha value is -3.26. The van der Waals surface area contributed by atoms with Crippen LogP contribution in [0.2, 0.25) is 0 Å². The number of amides is 1. The minimum atomic E-state index is -0.921. The number of alkyl halides is 1. The largest absolute Gasteiger partial charge is 0.280 e. The van der Waals surface area contributed by atoms with Gasteiger partial charge in [-0.1, -0.05) is 24.3 Å². The lowest BCUT2D eigenvalue weighted by Crippen LogP contribution is -2.64. The van der Waals surface area contributed by atoms with Gasteiger partial charge in [0.2, 0.25) is 0 Å². The molecule has 1 saturated heterocycles. The molecule has 0 bridgehead atoms. The Morgan fingerprint density at radius 1 is 1.12 bits per heavy atom. The number of aromatic nitrogens is 2. The van der Waals surface area contributed by atoms with E-state index in [0.29, 0.717) is 16.5 Å².